The second kappa shape index (κ2) is 7.67. The summed E-state index contributed by atoms with van der Waals surface area (Å²) in [4.78, 5) is 16.6. The van der Waals surface area contributed by atoms with Crippen LogP contribution in [-0.2, 0) is 11.3 Å². The van der Waals surface area contributed by atoms with Gasteiger partial charge in [-0.05, 0) is 41.7 Å². The van der Waals surface area contributed by atoms with Crippen LogP contribution in [0.25, 0.3) is 11.3 Å². The Bertz CT molecular complexity index is 721. The van der Waals surface area contributed by atoms with Crippen molar-refractivity contribution in [3.05, 3.63) is 52.5 Å². The van der Waals surface area contributed by atoms with Gasteiger partial charge in [0, 0.05) is 29.5 Å². The summed E-state index contributed by atoms with van der Waals surface area (Å²) in [5.74, 6) is 0.0261. The van der Waals surface area contributed by atoms with Crippen LogP contribution in [0.3, 0.4) is 0 Å². The van der Waals surface area contributed by atoms with Crippen LogP contribution in [0.4, 0.5) is 4.39 Å². The number of rotatable bonds is 6. The normalized spacial score (nSPS) is 11.3. The van der Waals surface area contributed by atoms with E-state index in [4.69, 9.17) is 9.72 Å². The second-order valence-corrected chi connectivity index (χ2v) is 6.52. The van der Waals surface area contributed by atoms with Gasteiger partial charge in [0.2, 0.25) is 0 Å². The first kappa shape index (κ1) is 18.3. The second-order valence-electron chi connectivity index (χ2n) is 6.52. The molecule has 0 bridgehead atoms. The topological polar surface area (TPSA) is 39.2 Å². The summed E-state index contributed by atoms with van der Waals surface area (Å²) >= 11 is 0. The van der Waals surface area contributed by atoms with Crippen molar-refractivity contribution in [3.8, 4) is 11.3 Å². The van der Waals surface area contributed by atoms with E-state index in [2.05, 4.69) is 27.7 Å². The minimum absolute atomic E-state index is 0.148. The summed E-state index contributed by atoms with van der Waals surface area (Å²) in [6.45, 7) is 8.67. The summed E-state index contributed by atoms with van der Waals surface area (Å²) in [5.41, 5.74) is 4.78. The lowest BCUT2D eigenvalue weighted by Gasteiger charge is -2.23. The Labute approximate surface area is 142 Å². The number of halogens is 1. The number of carbonyl (C=O) groups excluding carboxylic acids is 1. The standard InChI is InChI=1S/C20H24FNO2/c1-12(2)18-16(10-23)20(14-6-8-15(21)9-7-14)22-19(13(3)4)17(18)11-24-5/h6-10,12-13H,11H2,1-5H3. The predicted molar refractivity (Wildman–Crippen MR) is 93.9 cm³/mol. The molecule has 0 aliphatic carbocycles. The van der Waals surface area contributed by atoms with Gasteiger partial charge in [-0.1, -0.05) is 27.7 Å². The van der Waals surface area contributed by atoms with Crippen LogP contribution in [0.5, 0.6) is 0 Å². The predicted octanol–water partition coefficient (Wildman–Crippen LogP) is 5.09. The summed E-state index contributed by atoms with van der Waals surface area (Å²) in [6, 6.07) is 6.10. The van der Waals surface area contributed by atoms with Gasteiger partial charge in [0.05, 0.1) is 12.3 Å². The molecule has 0 radical (unpaired) electrons. The molecule has 0 saturated heterocycles. The molecule has 24 heavy (non-hydrogen) atoms. The third-order valence-corrected chi connectivity index (χ3v) is 4.06. The highest BCUT2D eigenvalue weighted by Gasteiger charge is 2.23. The van der Waals surface area contributed by atoms with Gasteiger partial charge in [-0.15, -0.1) is 0 Å². The smallest absolute Gasteiger partial charge is 0.152 e. The van der Waals surface area contributed by atoms with Gasteiger partial charge in [0.1, 0.15) is 5.82 Å². The van der Waals surface area contributed by atoms with Crippen LogP contribution in [0.2, 0.25) is 0 Å². The van der Waals surface area contributed by atoms with Crippen LogP contribution in [0, 0.1) is 5.82 Å². The van der Waals surface area contributed by atoms with E-state index in [1.54, 1.807) is 19.2 Å². The Morgan fingerprint density at radius 3 is 2.21 bits per heavy atom. The molecule has 0 aliphatic heterocycles. The Kier molecular flexibility index (Phi) is 5.84. The molecule has 0 unspecified atom stereocenters. The van der Waals surface area contributed by atoms with Crippen molar-refractivity contribution in [2.45, 2.75) is 46.1 Å². The molecule has 0 amide bonds. The van der Waals surface area contributed by atoms with Crippen molar-refractivity contribution >= 4 is 6.29 Å². The van der Waals surface area contributed by atoms with Crippen LogP contribution in [0.1, 0.15) is 66.7 Å². The summed E-state index contributed by atoms with van der Waals surface area (Å²) in [6.07, 6.45) is 0.851. The molecule has 2 aromatic rings. The van der Waals surface area contributed by atoms with Gasteiger partial charge < -0.3 is 4.74 Å². The zero-order chi connectivity index (χ0) is 17.9. The maximum absolute atomic E-state index is 13.3. The van der Waals surface area contributed by atoms with E-state index in [1.165, 1.54) is 12.1 Å². The zero-order valence-corrected chi connectivity index (χ0v) is 14.9. The Morgan fingerprint density at radius 1 is 1.12 bits per heavy atom. The van der Waals surface area contributed by atoms with E-state index >= 15 is 0 Å². The van der Waals surface area contributed by atoms with Gasteiger partial charge in [0.15, 0.2) is 6.29 Å². The third-order valence-electron chi connectivity index (χ3n) is 4.06. The monoisotopic (exact) mass is 329 g/mol. The van der Waals surface area contributed by atoms with Crippen molar-refractivity contribution in [3.63, 3.8) is 0 Å². The Morgan fingerprint density at radius 2 is 1.75 bits per heavy atom. The highest BCUT2D eigenvalue weighted by Crippen LogP contribution is 2.35. The number of pyridine rings is 1. The lowest BCUT2D eigenvalue weighted by Crippen LogP contribution is -2.13. The molecular weight excluding hydrogens is 305 g/mol. The zero-order valence-electron chi connectivity index (χ0n) is 14.9. The molecule has 128 valence electrons. The highest BCUT2D eigenvalue weighted by atomic mass is 19.1. The quantitative estimate of drug-likeness (QED) is 0.693. The van der Waals surface area contributed by atoms with Crippen molar-refractivity contribution in [2.75, 3.05) is 7.11 Å². The highest BCUT2D eigenvalue weighted by molar-refractivity contribution is 5.88. The van der Waals surface area contributed by atoms with Crippen LogP contribution in [0.15, 0.2) is 24.3 Å². The maximum Gasteiger partial charge on any atom is 0.152 e. The van der Waals surface area contributed by atoms with Crippen molar-refractivity contribution in [1.29, 1.82) is 0 Å². The van der Waals surface area contributed by atoms with Gasteiger partial charge in [-0.2, -0.15) is 0 Å². The number of methoxy groups -OCH3 is 1. The van der Waals surface area contributed by atoms with Crippen molar-refractivity contribution < 1.29 is 13.9 Å². The molecule has 3 nitrogen and oxygen atoms in total. The average molecular weight is 329 g/mol. The van der Waals surface area contributed by atoms with Gasteiger partial charge in [-0.3, -0.25) is 9.78 Å². The minimum atomic E-state index is -0.310. The third kappa shape index (κ3) is 3.54. The van der Waals surface area contributed by atoms with E-state index < -0.39 is 0 Å². The summed E-state index contributed by atoms with van der Waals surface area (Å²) in [5, 5.41) is 0. The molecule has 0 atom stereocenters. The SMILES string of the molecule is COCc1c(C(C)C)nc(-c2ccc(F)cc2)c(C=O)c1C(C)C. The largest absolute Gasteiger partial charge is 0.380 e. The maximum atomic E-state index is 13.3. The Balaban J connectivity index is 2.84. The van der Waals surface area contributed by atoms with Crippen LogP contribution >= 0.6 is 0 Å². The van der Waals surface area contributed by atoms with Gasteiger partial charge >= 0.3 is 0 Å². The average Bonchev–Trinajstić information content (AvgIpc) is 2.54. The van der Waals surface area contributed by atoms with Gasteiger partial charge in [-0.25, -0.2) is 4.39 Å². The molecule has 0 spiro atoms. The number of carbonyl (C=O) groups is 1. The molecule has 0 fully saturated rings. The molecule has 1 aromatic heterocycles. The molecule has 0 N–H and O–H groups in total. The molecule has 0 saturated carbocycles. The number of benzene rings is 1. The Hall–Kier alpha value is -2.07. The van der Waals surface area contributed by atoms with Crippen LogP contribution in [-0.4, -0.2) is 18.4 Å². The fourth-order valence-electron chi connectivity index (χ4n) is 3.06. The molecule has 1 heterocycles. The number of ether oxygens (including phenoxy) is 1. The first-order valence-corrected chi connectivity index (χ1v) is 8.17. The minimum Gasteiger partial charge on any atom is -0.380 e. The number of nitrogens with zero attached hydrogens (tertiary/aromatic N) is 1. The lowest BCUT2D eigenvalue weighted by molar-refractivity contribution is 0.112. The van der Waals surface area contributed by atoms with E-state index in [0.717, 1.165) is 28.7 Å². The fourth-order valence-corrected chi connectivity index (χ4v) is 3.06. The van der Waals surface area contributed by atoms with E-state index in [-0.39, 0.29) is 17.7 Å². The number of aromatic nitrogens is 1. The molecule has 4 heteroatoms. The number of hydrogen-bond acceptors (Lipinski definition) is 3. The van der Waals surface area contributed by atoms with E-state index in [1.807, 2.05) is 0 Å². The number of aldehydes is 1. The molecule has 2 rings (SSSR count). The van der Waals surface area contributed by atoms with E-state index in [0.29, 0.717) is 17.9 Å². The van der Waals surface area contributed by atoms with Crippen molar-refractivity contribution in [2.24, 2.45) is 0 Å². The van der Waals surface area contributed by atoms with Crippen molar-refractivity contribution in [1.82, 2.24) is 4.98 Å². The molecular formula is C20H24FNO2. The summed E-state index contributed by atoms with van der Waals surface area (Å²) < 4.78 is 18.6. The lowest BCUT2D eigenvalue weighted by atomic mass is 9.87. The van der Waals surface area contributed by atoms with E-state index in [9.17, 15) is 9.18 Å². The molecule has 0 aliphatic rings. The van der Waals surface area contributed by atoms with Gasteiger partial charge in [0.25, 0.3) is 0 Å². The first-order chi connectivity index (χ1) is 11.4. The summed E-state index contributed by atoms with van der Waals surface area (Å²) in [7, 11) is 1.64. The fraction of sp³-hybridized carbons (Fsp3) is 0.400. The van der Waals surface area contributed by atoms with Crippen LogP contribution < -0.4 is 0 Å². The molecule has 1 aromatic carbocycles. The number of hydrogen-bond donors (Lipinski definition) is 0. The first-order valence-electron chi connectivity index (χ1n) is 8.17.